The molecular weight excluding hydrogens is 396 g/mol. The van der Waals surface area contributed by atoms with Crippen LogP contribution in [0.2, 0.25) is 4.34 Å². The van der Waals surface area contributed by atoms with E-state index in [1.165, 1.54) is 34.4 Å². The Kier molecular flexibility index (Phi) is 5.48. The van der Waals surface area contributed by atoms with Gasteiger partial charge >= 0.3 is 0 Å². The van der Waals surface area contributed by atoms with E-state index in [-0.39, 0.29) is 17.1 Å². The minimum atomic E-state index is -0.0825. The van der Waals surface area contributed by atoms with Crippen LogP contribution < -0.4 is 5.56 Å². The van der Waals surface area contributed by atoms with Crippen LogP contribution in [0.5, 0.6) is 0 Å². The summed E-state index contributed by atoms with van der Waals surface area (Å²) in [4.78, 5) is 32.2. The molecule has 0 saturated carbocycles. The topological polar surface area (TPSA) is 52.0 Å². The Morgan fingerprint density at radius 1 is 1.40 bits per heavy atom. The minimum absolute atomic E-state index is 0.0278. The normalized spacial score (nSPS) is 11.2. The van der Waals surface area contributed by atoms with E-state index in [4.69, 9.17) is 11.6 Å². The number of nitrogens with zero attached hydrogens (tertiary/aromatic N) is 2. The highest BCUT2D eigenvalue weighted by atomic mass is 35.5. The van der Waals surface area contributed by atoms with Crippen LogP contribution in [0.3, 0.4) is 0 Å². The zero-order valence-corrected chi connectivity index (χ0v) is 16.9. The van der Waals surface area contributed by atoms with Crippen LogP contribution in [0.4, 0.5) is 0 Å². The van der Waals surface area contributed by atoms with Crippen molar-refractivity contribution in [1.29, 1.82) is 0 Å². The standard InChI is InChI=1S/C17H15ClN2O2S3/c1-4-7-20-16(22)14-9(2)10(3)24-15(14)19-17(20)23-8-11(21)12-5-6-13(18)25-12/h4-6H,1,7-8H2,2-3H3. The maximum atomic E-state index is 12.9. The van der Waals surface area contributed by atoms with Gasteiger partial charge < -0.3 is 0 Å². The van der Waals surface area contributed by atoms with Gasteiger partial charge in [-0.25, -0.2) is 4.98 Å². The van der Waals surface area contributed by atoms with Gasteiger partial charge in [0.25, 0.3) is 5.56 Å². The highest BCUT2D eigenvalue weighted by Crippen LogP contribution is 2.29. The first-order valence-corrected chi connectivity index (χ1v) is 10.4. The third-order valence-corrected chi connectivity index (χ3v) is 7.10. The van der Waals surface area contributed by atoms with Crippen LogP contribution in [0.25, 0.3) is 10.2 Å². The molecule has 0 unspecified atom stereocenters. The largest absolute Gasteiger partial charge is 0.292 e. The first-order valence-electron chi connectivity index (χ1n) is 7.45. The molecule has 0 aromatic carbocycles. The lowest BCUT2D eigenvalue weighted by atomic mass is 10.2. The number of thioether (sulfide) groups is 1. The summed E-state index contributed by atoms with van der Waals surface area (Å²) in [5, 5.41) is 1.19. The van der Waals surface area contributed by atoms with Crippen molar-refractivity contribution in [1.82, 2.24) is 9.55 Å². The number of Topliss-reactive ketones (excluding diaryl/α,β-unsaturated/α-hetero) is 1. The van der Waals surface area contributed by atoms with Gasteiger partial charge in [-0.1, -0.05) is 29.4 Å². The summed E-state index contributed by atoms with van der Waals surface area (Å²) in [5.41, 5.74) is 0.886. The molecule has 0 saturated heterocycles. The number of aromatic nitrogens is 2. The summed E-state index contributed by atoms with van der Waals surface area (Å²) in [5.74, 6) is 0.176. The number of ketones is 1. The van der Waals surface area contributed by atoms with Crippen molar-refractivity contribution in [3.05, 3.63) is 54.8 Å². The van der Waals surface area contributed by atoms with Gasteiger partial charge in [0.15, 0.2) is 10.9 Å². The van der Waals surface area contributed by atoms with Gasteiger partial charge in [-0.05, 0) is 31.5 Å². The van der Waals surface area contributed by atoms with Crippen molar-refractivity contribution in [2.75, 3.05) is 5.75 Å². The maximum absolute atomic E-state index is 12.9. The van der Waals surface area contributed by atoms with E-state index in [0.717, 1.165) is 15.3 Å². The fraction of sp³-hybridized carbons (Fsp3) is 0.235. The zero-order chi connectivity index (χ0) is 18.1. The Hall–Kier alpha value is -1.41. The predicted octanol–water partition coefficient (Wildman–Crippen LogP) is 4.95. The molecule has 130 valence electrons. The molecule has 4 nitrogen and oxygen atoms in total. The van der Waals surface area contributed by atoms with Crippen molar-refractivity contribution in [3.63, 3.8) is 0 Å². The summed E-state index contributed by atoms with van der Waals surface area (Å²) in [6, 6.07) is 3.43. The van der Waals surface area contributed by atoms with Crippen molar-refractivity contribution < 1.29 is 4.79 Å². The number of fused-ring (bicyclic) bond motifs is 1. The molecule has 8 heteroatoms. The third-order valence-electron chi connectivity index (χ3n) is 3.75. The SMILES string of the molecule is C=CCn1c(SCC(=O)c2ccc(Cl)s2)nc2sc(C)c(C)c2c1=O. The number of rotatable bonds is 6. The van der Waals surface area contributed by atoms with Crippen molar-refractivity contribution in [3.8, 4) is 0 Å². The van der Waals surface area contributed by atoms with E-state index < -0.39 is 0 Å². The minimum Gasteiger partial charge on any atom is -0.292 e. The summed E-state index contributed by atoms with van der Waals surface area (Å²) in [6.07, 6.45) is 1.66. The molecule has 0 spiro atoms. The number of carbonyl (C=O) groups excluding carboxylic acids is 1. The summed E-state index contributed by atoms with van der Waals surface area (Å²) >= 11 is 9.91. The molecular formula is C17H15ClN2O2S3. The van der Waals surface area contributed by atoms with Gasteiger partial charge in [-0.2, -0.15) is 0 Å². The first kappa shape index (κ1) is 18.4. The van der Waals surface area contributed by atoms with E-state index in [2.05, 4.69) is 11.6 Å². The van der Waals surface area contributed by atoms with Crippen LogP contribution in [0.1, 0.15) is 20.1 Å². The summed E-state index contributed by atoms with van der Waals surface area (Å²) < 4.78 is 2.16. The van der Waals surface area contributed by atoms with Crippen LogP contribution in [0, 0.1) is 13.8 Å². The van der Waals surface area contributed by atoms with Gasteiger partial charge in [-0.15, -0.1) is 29.3 Å². The molecule has 0 fully saturated rings. The zero-order valence-electron chi connectivity index (χ0n) is 13.7. The number of hydrogen-bond acceptors (Lipinski definition) is 6. The Balaban J connectivity index is 1.97. The second-order valence-electron chi connectivity index (χ2n) is 5.38. The molecule has 3 aromatic heterocycles. The Bertz CT molecular complexity index is 1030. The van der Waals surface area contributed by atoms with Crippen LogP contribution in [-0.2, 0) is 6.54 Å². The van der Waals surface area contributed by atoms with E-state index >= 15 is 0 Å². The van der Waals surface area contributed by atoms with Crippen molar-refractivity contribution in [2.24, 2.45) is 0 Å². The number of hydrogen-bond donors (Lipinski definition) is 0. The molecule has 3 heterocycles. The molecule has 0 aliphatic rings. The Morgan fingerprint density at radius 2 is 2.16 bits per heavy atom. The summed E-state index contributed by atoms with van der Waals surface area (Å²) in [7, 11) is 0. The number of allylic oxidation sites excluding steroid dienone is 1. The van der Waals surface area contributed by atoms with Gasteiger partial charge in [0, 0.05) is 11.4 Å². The Morgan fingerprint density at radius 3 is 2.80 bits per heavy atom. The average Bonchev–Trinajstić information content (AvgIpc) is 3.12. The lowest BCUT2D eigenvalue weighted by molar-refractivity contribution is 0.102. The third kappa shape index (κ3) is 3.60. The van der Waals surface area contributed by atoms with E-state index in [9.17, 15) is 9.59 Å². The molecule has 0 radical (unpaired) electrons. The van der Waals surface area contributed by atoms with Gasteiger partial charge in [0.1, 0.15) is 4.83 Å². The predicted molar refractivity (Wildman–Crippen MR) is 108 cm³/mol. The fourth-order valence-corrected chi connectivity index (χ4v) is 5.41. The second-order valence-corrected chi connectivity index (χ2v) is 9.24. The van der Waals surface area contributed by atoms with Crippen molar-refractivity contribution >= 4 is 62.0 Å². The van der Waals surface area contributed by atoms with Crippen molar-refractivity contribution in [2.45, 2.75) is 25.5 Å². The molecule has 0 aliphatic heterocycles. The number of halogens is 1. The molecule has 3 aromatic rings. The molecule has 0 bridgehead atoms. The molecule has 0 aliphatic carbocycles. The molecule has 3 rings (SSSR count). The summed E-state index contributed by atoms with van der Waals surface area (Å²) in [6.45, 7) is 7.99. The number of thiophene rings is 2. The monoisotopic (exact) mass is 410 g/mol. The fourth-order valence-electron chi connectivity index (χ4n) is 2.37. The Labute approximate surface area is 162 Å². The number of aryl methyl sites for hydroxylation is 2. The van der Waals surface area contributed by atoms with E-state index in [1.54, 1.807) is 22.8 Å². The highest BCUT2D eigenvalue weighted by molar-refractivity contribution is 7.99. The van der Waals surface area contributed by atoms with Gasteiger partial charge in [-0.3, -0.25) is 14.2 Å². The lowest BCUT2D eigenvalue weighted by Crippen LogP contribution is -2.23. The van der Waals surface area contributed by atoms with E-state index in [0.29, 0.717) is 26.3 Å². The quantitative estimate of drug-likeness (QED) is 0.249. The van der Waals surface area contributed by atoms with Crippen LogP contribution in [0.15, 0.2) is 34.7 Å². The van der Waals surface area contributed by atoms with E-state index in [1.807, 2.05) is 13.8 Å². The average molecular weight is 411 g/mol. The van der Waals surface area contributed by atoms with Crippen LogP contribution >= 0.6 is 46.0 Å². The molecule has 0 N–H and O–H groups in total. The lowest BCUT2D eigenvalue weighted by Gasteiger charge is -2.09. The molecule has 25 heavy (non-hydrogen) atoms. The van der Waals surface area contributed by atoms with Gasteiger partial charge in [0.2, 0.25) is 0 Å². The smallest absolute Gasteiger partial charge is 0.263 e. The molecule has 0 amide bonds. The second kappa shape index (κ2) is 7.45. The first-order chi connectivity index (χ1) is 11.9. The van der Waals surface area contributed by atoms with Gasteiger partial charge in [0.05, 0.1) is 20.4 Å². The van der Waals surface area contributed by atoms with Crippen LogP contribution in [-0.4, -0.2) is 21.1 Å². The highest BCUT2D eigenvalue weighted by Gasteiger charge is 2.18. The molecule has 0 atom stereocenters. The number of carbonyl (C=O) groups is 1. The maximum Gasteiger partial charge on any atom is 0.263 e.